The molecule has 22 heavy (non-hydrogen) atoms. The molecule has 1 aliphatic rings. The number of hydrogen-bond donors (Lipinski definition) is 2. The second-order valence-electron chi connectivity index (χ2n) is 6.58. The Morgan fingerprint density at radius 1 is 1.45 bits per heavy atom. The number of hydrogen-bond acceptors (Lipinski definition) is 3. The van der Waals surface area contributed by atoms with Crippen molar-refractivity contribution in [3.63, 3.8) is 0 Å². The summed E-state index contributed by atoms with van der Waals surface area (Å²) in [5.74, 6) is 1.17. The monoisotopic (exact) mass is 321 g/mol. The van der Waals surface area contributed by atoms with Gasteiger partial charge in [-0.1, -0.05) is 26.0 Å². The first kappa shape index (κ1) is 17.4. The van der Waals surface area contributed by atoms with Crippen LogP contribution in [-0.4, -0.2) is 29.9 Å². The van der Waals surface area contributed by atoms with E-state index in [-0.39, 0.29) is 11.8 Å². The molecule has 2 rings (SSSR count). The predicted molar refractivity (Wildman–Crippen MR) is 92.4 cm³/mol. The van der Waals surface area contributed by atoms with Gasteiger partial charge in [-0.15, -0.1) is 11.8 Å². The number of benzene rings is 1. The molecule has 1 fully saturated rings. The maximum absolute atomic E-state index is 11.6. The van der Waals surface area contributed by atoms with Crippen LogP contribution < -0.4 is 5.32 Å². The Labute approximate surface area is 137 Å². The van der Waals surface area contributed by atoms with Gasteiger partial charge in [-0.05, 0) is 67.6 Å². The molecule has 1 aliphatic heterocycles. The molecule has 2 atom stereocenters. The Kier molecular flexibility index (Phi) is 6.77. The van der Waals surface area contributed by atoms with Crippen molar-refractivity contribution in [1.82, 2.24) is 5.32 Å². The van der Waals surface area contributed by atoms with Crippen LogP contribution in [-0.2, 0) is 11.2 Å². The summed E-state index contributed by atoms with van der Waals surface area (Å²) in [6.07, 6.45) is 2.82. The summed E-state index contributed by atoms with van der Waals surface area (Å²) in [7, 11) is 0. The lowest BCUT2D eigenvalue weighted by Crippen LogP contribution is -2.27. The van der Waals surface area contributed by atoms with Crippen LogP contribution in [0.5, 0.6) is 0 Å². The van der Waals surface area contributed by atoms with Gasteiger partial charge in [0.1, 0.15) is 0 Å². The molecule has 1 aromatic rings. The van der Waals surface area contributed by atoms with Crippen LogP contribution in [0.4, 0.5) is 0 Å². The molecule has 3 nitrogen and oxygen atoms in total. The number of rotatable bonds is 8. The van der Waals surface area contributed by atoms with Gasteiger partial charge in [0, 0.05) is 4.90 Å². The number of thioether (sulfide) groups is 1. The molecule has 0 saturated carbocycles. The van der Waals surface area contributed by atoms with E-state index < -0.39 is 5.97 Å². The van der Waals surface area contributed by atoms with Crippen molar-refractivity contribution in [2.45, 2.75) is 38.0 Å². The van der Waals surface area contributed by atoms with E-state index in [1.807, 2.05) is 11.8 Å². The number of aliphatic carboxylic acids is 1. The Hall–Kier alpha value is -1.00. The predicted octanol–water partition coefficient (Wildman–Crippen LogP) is 3.68. The van der Waals surface area contributed by atoms with Crippen molar-refractivity contribution >= 4 is 17.7 Å². The molecule has 0 aliphatic carbocycles. The Morgan fingerprint density at radius 3 is 2.91 bits per heavy atom. The van der Waals surface area contributed by atoms with Gasteiger partial charge in [-0.2, -0.15) is 0 Å². The summed E-state index contributed by atoms with van der Waals surface area (Å²) in [4.78, 5) is 12.8. The first-order valence-corrected chi connectivity index (χ1v) is 9.20. The zero-order chi connectivity index (χ0) is 15.9. The molecule has 0 radical (unpaired) electrons. The fourth-order valence-corrected chi connectivity index (χ4v) is 4.14. The minimum absolute atomic E-state index is 0.259. The highest BCUT2D eigenvalue weighted by molar-refractivity contribution is 7.99. The van der Waals surface area contributed by atoms with Crippen molar-refractivity contribution in [1.29, 1.82) is 0 Å². The standard InChI is InChI=1S/C18H27NO2S/c1-13(2)7-9-22-16-5-3-4-14(10-16)11-17(18(20)21)15-6-8-19-12-15/h3-5,10,13,15,17,19H,6-9,11-12H2,1-2H3,(H,20,21)/t15-,17-/m0/s1. The Morgan fingerprint density at radius 2 is 2.27 bits per heavy atom. The van der Waals surface area contributed by atoms with Crippen molar-refractivity contribution in [2.24, 2.45) is 17.8 Å². The second kappa shape index (κ2) is 8.59. The minimum atomic E-state index is -0.661. The molecule has 0 bridgehead atoms. The Bertz CT molecular complexity index is 484. The van der Waals surface area contributed by atoms with E-state index >= 15 is 0 Å². The highest BCUT2D eigenvalue weighted by Crippen LogP contribution is 2.26. The van der Waals surface area contributed by atoms with E-state index in [2.05, 4.69) is 43.4 Å². The van der Waals surface area contributed by atoms with E-state index in [0.29, 0.717) is 6.42 Å². The zero-order valence-corrected chi connectivity index (χ0v) is 14.4. The van der Waals surface area contributed by atoms with Gasteiger partial charge in [0.2, 0.25) is 0 Å². The average molecular weight is 321 g/mol. The van der Waals surface area contributed by atoms with Crippen LogP contribution in [0.25, 0.3) is 0 Å². The second-order valence-corrected chi connectivity index (χ2v) is 7.75. The molecule has 122 valence electrons. The highest BCUT2D eigenvalue weighted by Gasteiger charge is 2.30. The van der Waals surface area contributed by atoms with Gasteiger partial charge in [0.25, 0.3) is 0 Å². The SMILES string of the molecule is CC(C)CCSc1cccc(C[C@H](C(=O)O)[C@H]2CCNC2)c1. The van der Waals surface area contributed by atoms with E-state index in [0.717, 1.165) is 36.7 Å². The molecule has 0 amide bonds. The Balaban J connectivity index is 1.97. The van der Waals surface area contributed by atoms with Gasteiger partial charge in [-0.25, -0.2) is 0 Å². The third-order valence-electron chi connectivity index (χ3n) is 4.30. The van der Waals surface area contributed by atoms with Gasteiger partial charge >= 0.3 is 5.97 Å². The molecular weight excluding hydrogens is 294 g/mol. The molecule has 4 heteroatoms. The van der Waals surface area contributed by atoms with E-state index in [9.17, 15) is 9.90 Å². The van der Waals surface area contributed by atoms with Crippen molar-refractivity contribution < 1.29 is 9.90 Å². The first-order valence-electron chi connectivity index (χ1n) is 8.21. The van der Waals surface area contributed by atoms with Crippen molar-refractivity contribution in [2.75, 3.05) is 18.8 Å². The summed E-state index contributed by atoms with van der Waals surface area (Å²) in [6, 6.07) is 8.41. The van der Waals surface area contributed by atoms with Gasteiger partial charge < -0.3 is 10.4 Å². The van der Waals surface area contributed by atoms with E-state index in [4.69, 9.17) is 0 Å². The third-order valence-corrected chi connectivity index (χ3v) is 5.33. The average Bonchev–Trinajstić information content (AvgIpc) is 2.98. The van der Waals surface area contributed by atoms with E-state index in [1.165, 1.54) is 11.3 Å². The molecule has 0 unspecified atom stereocenters. The lowest BCUT2D eigenvalue weighted by atomic mass is 9.86. The summed E-state index contributed by atoms with van der Waals surface area (Å²) >= 11 is 1.87. The lowest BCUT2D eigenvalue weighted by molar-refractivity contribution is -0.143. The number of carboxylic acid groups (broad SMARTS) is 1. The smallest absolute Gasteiger partial charge is 0.307 e. The molecule has 2 N–H and O–H groups in total. The van der Waals surface area contributed by atoms with Crippen LogP contribution in [0.3, 0.4) is 0 Å². The van der Waals surface area contributed by atoms with Crippen LogP contribution in [0.1, 0.15) is 32.3 Å². The number of carbonyl (C=O) groups is 1. The maximum Gasteiger partial charge on any atom is 0.307 e. The molecule has 0 aromatic heterocycles. The third kappa shape index (κ3) is 5.33. The fraction of sp³-hybridized carbons (Fsp3) is 0.611. The molecule has 1 saturated heterocycles. The van der Waals surface area contributed by atoms with Crippen LogP contribution in [0, 0.1) is 17.8 Å². The summed E-state index contributed by atoms with van der Waals surface area (Å²) in [6.45, 7) is 6.26. The van der Waals surface area contributed by atoms with Gasteiger partial charge in [0.15, 0.2) is 0 Å². The molecule has 0 spiro atoms. The first-order chi connectivity index (χ1) is 10.6. The molecule has 1 aromatic carbocycles. The van der Waals surface area contributed by atoms with Crippen LogP contribution >= 0.6 is 11.8 Å². The van der Waals surface area contributed by atoms with Gasteiger partial charge in [0.05, 0.1) is 5.92 Å². The topological polar surface area (TPSA) is 49.3 Å². The normalized spacial score (nSPS) is 19.5. The quantitative estimate of drug-likeness (QED) is 0.717. The van der Waals surface area contributed by atoms with Crippen LogP contribution in [0.2, 0.25) is 0 Å². The fourth-order valence-electron chi connectivity index (χ4n) is 2.90. The van der Waals surface area contributed by atoms with Crippen molar-refractivity contribution in [3.8, 4) is 0 Å². The van der Waals surface area contributed by atoms with Gasteiger partial charge in [-0.3, -0.25) is 4.79 Å². The lowest BCUT2D eigenvalue weighted by Gasteiger charge is -2.19. The molecular formula is C18H27NO2S. The largest absolute Gasteiger partial charge is 0.481 e. The summed E-state index contributed by atoms with van der Waals surface area (Å²) in [5.41, 5.74) is 1.15. The number of nitrogens with one attached hydrogen (secondary N) is 1. The number of carboxylic acids is 1. The highest BCUT2D eigenvalue weighted by atomic mass is 32.2. The maximum atomic E-state index is 11.6. The summed E-state index contributed by atoms with van der Waals surface area (Å²) < 4.78 is 0. The van der Waals surface area contributed by atoms with Crippen molar-refractivity contribution in [3.05, 3.63) is 29.8 Å². The van der Waals surface area contributed by atoms with Crippen LogP contribution in [0.15, 0.2) is 29.2 Å². The molecule has 1 heterocycles. The minimum Gasteiger partial charge on any atom is -0.481 e. The summed E-state index contributed by atoms with van der Waals surface area (Å²) in [5, 5.41) is 12.8. The zero-order valence-electron chi connectivity index (χ0n) is 13.5. The van der Waals surface area contributed by atoms with E-state index in [1.54, 1.807) is 0 Å².